The number of aliphatic hydroxyl groups excluding tert-OH is 2. The molecule has 19 heavy (non-hydrogen) atoms. The van der Waals surface area contributed by atoms with Gasteiger partial charge in [0.25, 0.3) is 0 Å². The van der Waals surface area contributed by atoms with E-state index in [2.05, 4.69) is 5.10 Å². The van der Waals surface area contributed by atoms with Gasteiger partial charge in [0.15, 0.2) is 5.75 Å². The second-order valence-corrected chi connectivity index (χ2v) is 4.83. The topological polar surface area (TPSA) is 67.5 Å². The van der Waals surface area contributed by atoms with Crippen LogP contribution in [0.3, 0.4) is 0 Å². The highest BCUT2D eigenvalue weighted by Gasteiger charge is 2.30. The zero-order valence-electron chi connectivity index (χ0n) is 12.3. The summed E-state index contributed by atoms with van der Waals surface area (Å²) in [5, 5.41) is 25.0. The van der Waals surface area contributed by atoms with E-state index in [-0.39, 0.29) is 5.92 Å². The Balaban J connectivity index is 3.02. The summed E-state index contributed by atoms with van der Waals surface area (Å²) in [4.78, 5) is 0. The van der Waals surface area contributed by atoms with Crippen LogP contribution in [0.1, 0.15) is 51.8 Å². The average molecular weight is 270 g/mol. The van der Waals surface area contributed by atoms with E-state index in [1.165, 1.54) is 0 Å². The van der Waals surface area contributed by atoms with Crippen LogP contribution in [0.4, 0.5) is 0 Å². The third-order valence-electron chi connectivity index (χ3n) is 3.64. The van der Waals surface area contributed by atoms with Crippen LogP contribution in [0.5, 0.6) is 5.75 Å². The standard InChI is InChI=1S/C14H26N2O3/c1-5-8-16-12(11(19-4)9-15-16)14(18)13(17)10(6-2)7-3/h9-10,13-14,17-18H,5-8H2,1-4H3. The molecular formula is C14H26N2O3. The Bertz CT molecular complexity index is 375. The largest absolute Gasteiger partial charge is 0.493 e. The molecular weight excluding hydrogens is 244 g/mol. The molecule has 110 valence electrons. The summed E-state index contributed by atoms with van der Waals surface area (Å²) >= 11 is 0. The Morgan fingerprint density at radius 2 is 1.89 bits per heavy atom. The third kappa shape index (κ3) is 3.48. The summed E-state index contributed by atoms with van der Waals surface area (Å²) in [5.74, 6) is 0.607. The van der Waals surface area contributed by atoms with Gasteiger partial charge in [0, 0.05) is 6.54 Å². The molecule has 1 aromatic rings. The highest BCUT2D eigenvalue weighted by Crippen LogP contribution is 2.31. The maximum absolute atomic E-state index is 10.4. The zero-order valence-corrected chi connectivity index (χ0v) is 12.3. The molecule has 0 aliphatic carbocycles. The molecule has 0 bridgehead atoms. The first-order valence-corrected chi connectivity index (χ1v) is 7.06. The van der Waals surface area contributed by atoms with E-state index in [0.29, 0.717) is 18.0 Å². The Hall–Kier alpha value is -1.07. The van der Waals surface area contributed by atoms with Gasteiger partial charge < -0.3 is 14.9 Å². The molecule has 0 aromatic carbocycles. The minimum atomic E-state index is -0.964. The molecule has 0 spiro atoms. The highest BCUT2D eigenvalue weighted by molar-refractivity contribution is 5.28. The van der Waals surface area contributed by atoms with Crippen molar-refractivity contribution in [2.75, 3.05) is 7.11 Å². The smallest absolute Gasteiger partial charge is 0.162 e. The molecule has 0 fully saturated rings. The van der Waals surface area contributed by atoms with Gasteiger partial charge in [0.05, 0.1) is 19.4 Å². The van der Waals surface area contributed by atoms with Gasteiger partial charge in [-0.2, -0.15) is 5.10 Å². The molecule has 0 aliphatic heterocycles. The molecule has 2 atom stereocenters. The number of rotatable bonds is 8. The van der Waals surface area contributed by atoms with Gasteiger partial charge in [-0.3, -0.25) is 4.68 Å². The molecule has 0 aliphatic rings. The minimum absolute atomic E-state index is 0.0738. The second-order valence-electron chi connectivity index (χ2n) is 4.83. The number of ether oxygens (including phenoxy) is 1. The molecule has 2 N–H and O–H groups in total. The van der Waals surface area contributed by atoms with Crippen LogP contribution in [0, 0.1) is 5.92 Å². The molecule has 1 aromatic heterocycles. The van der Waals surface area contributed by atoms with Crippen LogP contribution >= 0.6 is 0 Å². The Labute approximate surface area is 115 Å². The average Bonchev–Trinajstić information content (AvgIpc) is 2.82. The summed E-state index contributed by atoms with van der Waals surface area (Å²) in [6.45, 7) is 6.78. The minimum Gasteiger partial charge on any atom is -0.493 e. The van der Waals surface area contributed by atoms with Crippen LogP contribution in [0.2, 0.25) is 0 Å². The number of hydrogen-bond acceptors (Lipinski definition) is 4. The van der Waals surface area contributed by atoms with Crippen LogP contribution in [0.15, 0.2) is 6.20 Å². The Morgan fingerprint density at radius 1 is 1.26 bits per heavy atom. The van der Waals surface area contributed by atoms with Gasteiger partial charge in [-0.1, -0.05) is 33.6 Å². The summed E-state index contributed by atoms with van der Waals surface area (Å²) < 4.78 is 6.95. The van der Waals surface area contributed by atoms with Crippen LogP contribution in [-0.4, -0.2) is 33.2 Å². The maximum Gasteiger partial charge on any atom is 0.162 e. The molecule has 0 saturated carbocycles. The van der Waals surface area contributed by atoms with Gasteiger partial charge in [0.2, 0.25) is 0 Å². The van der Waals surface area contributed by atoms with E-state index in [1.54, 1.807) is 18.0 Å². The van der Waals surface area contributed by atoms with E-state index >= 15 is 0 Å². The molecule has 5 nitrogen and oxygen atoms in total. The SMILES string of the molecule is CCCn1ncc(OC)c1C(O)C(O)C(CC)CC. The van der Waals surface area contributed by atoms with Gasteiger partial charge in [-0.05, 0) is 12.3 Å². The summed E-state index contributed by atoms with van der Waals surface area (Å²) in [7, 11) is 1.55. The lowest BCUT2D eigenvalue weighted by Gasteiger charge is -2.26. The van der Waals surface area contributed by atoms with Crippen molar-refractivity contribution in [2.45, 2.75) is 58.8 Å². The number of aromatic nitrogens is 2. The van der Waals surface area contributed by atoms with Crippen molar-refractivity contribution in [3.63, 3.8) is 0 Å². The number of aryl methyl sites for hydroxylation is 1. The van der Waals surface area contributed by atoms with Crippen molar-refractivity contribution in [1.82, 2.24) is 9.78 Å². The van der Waals surface area contributed by atoms with Crippen LogP contribution in [-0.2, 0) is 6.54 Å². The predicted molar refractivity (Wildman–Crippen MR) is 74.1 cm³/mol. The summed E-state index contributed by atoms with van der Waals surface area (Å²) in [5.41, 5.74) is 0.573. The van der Waals surface area contributed by atoms with Crippen LogP contribution in [0.25, 0.3) is 0 Å². The number of methoxy groups -OCH3 is 1. The highest BCUT2D eigenvalue weighted by atomic mass is 16.5. The van der Waals surface area contributed by atoms with E-state index in [4.69, 9.17) is 4.74 Å². The van der Waals surface area contributed by atoms with Gasteiger partial charge in [-0.25, -0.2) is 0 Å². The van der Waals surface area contributed by atoms with E-state index < -0.39 is 12.2 Å². The maximum atomic E-state index is 10.4. The van der Waals surface area contributed by atoms with Gasteiger partial charge in [-0.15, -0.1) is 0 Å². The van der Waals surface area contributed by atoms with Gasteiger partial charge >= 0.3 is 0 Å². The lowest BCUT2D eigenvalue weighted by Crippen LogP contribution is -2.29. The monoisotopic (exact) mass is 270 g/mol. The fourth-order valence-electron chi connectivity index (χ4n) is 2.41. The Morgan fingerprint density at radius 3 is 2.37 bits per heavy atom. The fourth-order valence-corrected chi connectivity index (χ4v) is 2.41. The Kier molecular flexibility index (Phi) is 6.31. The molecule has 0 saturated heterocycles. The zero-order chi connectivity index (χ0) is 14.4. The first kappa shape index (κ1) is 16.0. The molecule has 2 unspecified atom stereocenters. The first-order chi connectivity index (χ1) is 9.10. The van der Waals surface area contributed by atoms with E-state index in [0.717, 1.165) is 19.3 Å². The predicted octanol–water partition coefficient (Wildman–Crippen LogP) is 2.13. The molecule has 1 rings (SSSR count). The summed E-state index contributed by atoms with van der Waals surface area (Å²) in [6.07, 6.45) is 2.40. The number of hydrogen-bond donors (Lipinski definition) is 2. The molecule has 0 radical (unpaired) electrons. The quantitative estimate of drug-likeness (QED) is 0.759. The molecule has 1 heterocycles. The first-order valence-electron chi connectivity index (χ1n) is 7.06. The fraction of sp³-hybridized carbons (Fsp3) is 0.786. The van der Waals surface area contributed by atoms with Crippen LogP contribution < -0.4 is 4.74 Å². The number of nitrogens with zero attached hydrogens (tertiary/aromatic N) is 2. The lowest BCUT2D eigenvalue weighted by atomic mass is 9.91. The lowest BCUT2D eigenvalue weighted by molar-refractivity contribution is -0.0262. The van der Waals surface area contributed by atoms with Crippen molar-refractivity contribution in [3.8, 4) is 5.75 Å². The van der Waals surface area contributed by atoms with Crippen molar-refractivity contribution in [2.24, 2.45) is 5.92 Å². The summed E-state index contributed by atoms with van der Waals surface area (Å²) in [6, 6.07) is 0. The normalized spacial score (nSPS) is 14.7. The molecule has 0 amide bonds. The van der Waals surface area contributed by atoms with E-state index in [9.17, 15) is 10.2 Å². The van der Waals surface area contributed by atoms with Crippen molar-refractivity contribution in [3.05, 3.63) is 11.9 Å². The van der Waals surface area contributed by atoms with E-state index in [1.807, 2.05) is 20.8 Å². The third-order valence-corrected chi connectivity index (χ3v) is 3.64. The van der Waals surface area contributed by atoms with Crippen molar-refractivity contribution >= 4 is 0 Å². The number of aliphatic hydroxyl groups is 2. The van der Waals surface area contributed by atoms with Crippen molar-refractivity contribution < 1.29 is 14.9 Å². The molecule has 5 heteroatoms. The van der Waals surface area contributed by atoms with Gasteiger partial charge in [0.1, 0.15) is 11.8 Å². The van der Waals surface area contributed by atoms with Crippen molar-refractivity contribution in [1.29, 1.82) is 0 Å². The second kappa shape index (κ2) is 7.50.